The van der Waals surface area contributed by atoms with Gasteiger partial charge in [0.05, 0.1) is 34.5 Å². The molecule has 0 aliphatic carbocycles. The standard InChI is InChI=1S/C24H28FN7O/c1-4-19-22-11-21(28-32(22)13-16(2)26-19)20-12-24(33)31-15-18(5-6-23(31)27-20)30-10-9-29(8-7-25)17(3)14-30/h5-6,11-13,15,17H,4,7-10,14H2,1-3H3. The molecule has 1 aliphatic heterocycles. The van der Waals surface area contributed by atoms with Gasteiger partial charge in [0.1, 0.15) is 18.0 Å². The molecule has 1 unspecified atom stereocenters. The molecule has 1 atom stereocenters. The molecule has 0 amide bonds. The van der Waals surface area contributed by atoms with Crippen LogP contribution in [0.15, 0.2) is 41.5 Å². The molecule has 4 aromatic heterocycles. The van der Waals surface area contributed by atoms with Gasteiger partial charge in [-0.2, -0.15) is 5.10 Å². The van der Waals surface area contributed by atoms with Gasteiger partial charge in [0.25, 0.3) is 5.56 Å². The van der Waals surface area contributed by atoms with Gasteiger partial charge < -0.3 is 4.90 Å². The molecule has 33 heavy (non-hydrogen) atoms. The Bertz CT molecular complexity index is 1380. The Kier molecular flexibility index (Phi) is 5.57. The first-order chi connectivity index (χ1) is 16.0. The molecule has 1 aliphatic rings. The van der Waals surface area contributed by atoms with E-state index in [9.17, 15) is 9.18 Å². The summed E-state index contributed by atoms with van der Waals surface area (Å²) in [6, 6.07) is 7.60. The van der Waals surface area contributed by atoms with Crippen molar-refractivity contribution in [2.45, 2.75) is 33.2 Å². The fourth-order valence-corrected chi connectivity index (χ4v) is 4.65. The molecule has 9 heteroatoms. The van der Waals surface area contributed by atoms with Crippen molar-refractivity contribution in [3.63, 3.8) is 0 Å². The Balaban J connectivity index is 1.48. The second-order valence-electron chi connectivity index (χ2n) is 8.66. The van der Waals surface area contributed by atoms with Crippen LogP contribution in [0.3, 0.4) is 0 Å². The third-order valence-corrected chi connectivity index (χ3v) is 6.40. The zero-order valence-corrected chi connectivity index (χ0v) is 19.2. The molecule has 1 saturated heterocycles. The van der Waals surface area contributed by atoms with Crippen molar-refractivity contribution in [2.75, 3.05) is 37.8 Å². The van der Waals surface area contributed by atoms with E-state index in [0.717, 1.165) is 48.6 Å². The predicted molar refractivity (Wildman–Crippen MR) is 127 cm³/mol. The third kappa shape index (κ3) is 3.97. The van der Waals surface area contributed by atoms with Crippen LogP contribution in [-0.4, -0.2) is 67.8 Å². The van der Waals surface area contributed by atoms with Gasteiger partial charge in [-0.15, -0.1) is 0 Å². The van der Waals surface area contributed by atoms with E-state index in [2.05, 4.69) is 33.7 Å². The number of aromatic nitrogens is 5. The number of hydrogen-bond donors (Lipinski definition) is 0. The van der Waals surface area contributed by atoms with Crippen molar-refractivity contribution in [2.24, 2.45) is 0 Å². The van der Waals surface area contributed by atoms with Gasteiger partial charge in [-0.05, 0) is 38.5 Å². The van der Waals surface area contributed by atoms with E-state index in [1.54, 1.807) is 4.40 Å². The summed E-state index contributed by atoms with van der Waals surface area (Å²) in [4.78, 5) is 26.7. The average molecular weight is 450 g/mol. The van der Waals surface area contributed by atoms with Gasteiger partial charge >= 0.3 is 0 Å². The molecule has 1 fully saturated rings. The normalized spacial score (nSPS) is 17.3. The lowest BCUT2D eigenvalue weighted by Gasteiger charge is -2.40. The number of halogens is 1. The summed E-state index contributed by atoms with van der Waals surface area (Å²) in [5, 5.41) is 4.65. The summed E-state index contributed by atoms with van der Waals surface area (Å²) in [5.41, 5.74) is 5.38. The summed E-state index contributed by atoms with van der Waals surface area (Å²) < 4.78 is 16.1. The summed E-state index contributed by atoms with van der Waals surface area (Å²) in [6.07, 6.45) is 4.53. The first-order valence-electron chi connectivity index (χ1n) is 11.4. The van der Waals surface area contributed by atoms with Crippen LogP contribution in [0.25, 0.3) is 22.6 Å². The van der Waals surface area contributed by atoms with E-state index in [4.69, 9.17) is 4.98 Å². The maximum absolute atomic E-state index is 13.0. The highest BCUT2D eigenvalue weighted by Crippen LogP contribution is 2.22. The zero-order valence-electron chi connectivity index (χ0n) is 19.2. The monoisotopic (exact) mass is 449 g/mol. The second-order valence-corrected chi connectivity index (χ2v) is 8.66. The van der Waals surface area contributed by atoms with Crippen LogP contribution in [0, 0.1) is 6.92 Å². The summed E-state index contributed by atoms with van der Waals surface area (Å²) in [7, 11) is 0. The summed E-state index contributed by atoms with van der Waals surface area (Å²) >= 11 is 0. The van der Waals surface area contributed by atoms with Crippen molar-refractivity contribution in [1.82, 2.24) is 28.9 Å². The summed E-state index contributed by atoms with van der Waals surface area (Å²) in [5.74, 6) is 0. The Morgan fingerprint density at radius 3 is 2.73 bits per heavy atom. The van der Waals surface area contributed by atoms with Crippen LogP contribution in [0.5, 0.6) is 0 Å². The molecule has 5 heterocycles. The number of pyridine rings is 1. The number of alkyl halides is 1. The Morgan fingerprint density at radius 2 is 1.97 bits per heavy atom. The van der Waals surface area contributed by atoms with Crippen LogP contribution >= 0.6 is 0 Å². The maximum Gasteiger partial charge on any atom is 0.258 e. The van der Waals surface area contributed by atoms with Gasteiger partial charge in [0, 0.05) is 44.5 Å². The van der Waals surface area contributed by atoms with Crippen molar-refractivity contribution in [1.29, 1.82) is 0 Å². The number of nitrogens with zero attached hydrogens (tertiary/aromatic N) is 7. The maximum atomic E-state index is 13.0. The molecular formula is C24H28FN7O. The number of rotatable bonds is 5. The van der Waals surface area contributed by atoms with E-state index in [1.807, 2.05) is 42.0 Å². The van der Waals surface area contributed by atoms with E-state index in [1.165, 1.54) is 6.07 Å². The Labute approximate surface area is 191 Å². The highest BCUT2D eigenvalue weighted by molar-refractivity contribution is 5.66. The van der Waals surface area contributed by atoms with Crippen molar-refractivity contribution >= 4 is 16.9 Å². The molecule has 5 rings (SSSR count). The molecule has 0 N–H and O–H groups in total. The molecule has 0 aromatic carbocycles. The van der Waals surface area contributed by atoms with Gasteiger partial charge in [0.15, 0.2) is 0 Å². The molecule has 8 nitrogen and oxygen atoms in total. The number of anilines is 1. The average Bonchev–Trinajstić information content (AvgIpc) is 3.24. The number of hydrogen-bond acceptors (Lipinski definition) is 6. The highest BCUT2D eigenvalue weighted by atomic mass is 19.1. The number of aryl methyl sites for hydroxylation is 2. The van der Waals surface area contributed by atoms with E-state index >= 15 is 0 Å². The predicted octanol–water partition coefficient (Wildman–Crippen LogP) is 2.76. The number of piperazine rings is 1. The molecular weight excluding hydrogens is 421 g/mol. The van der Waals surface area contributed by atoms with Crippen LogP contribution in [0.4, 0.5) is 10.1 Å². The summed E-state index contributed by atoms with van der Waals surface area (Å²) in [6.45, 7) is 8.65. The minimum atomic E-state index is -0.327. The van der Waals surface area contributed by atoms with Gasteiger partial charge in [-0.1, -0.05) is 6.92 Å². The van der Waals surface area contributed by atoms with E-state index < -0.39 is 0 Å². The minimum Gasteiger partial charge on any atom is -0.367 e. The molecule has 0 spiro atoms. The highest BCUT2D eigenvalue weighted by Gasteiger charge is 2.24. The molecule has 4 aromatic rings. The SMILES string of the molecule is CCc1nc(C)cn2nc(-c3cc(=O)n4cc(N5CCN(CCF)C(C)C5)ccc4n3)cc12. The van der Waals surface area contributed by atoms with Crippen molar-refractivity contribution in [3.8, 4) is 11.4 Å². The molecule has 0 radical (unpaired) electrons. The Morgan fingerprint density at radius 1 is 1.12 bits per heavy atom. The fourth-order valence-electron chi connectivity index (χ4n) is 4.65. The van der Waals surface area contributed by atoms with Gasteiger partial charge in [0.2, 0.25) is 0 Å². The lowest BCUT2D eigenvalue weighted by atomic mass is 10.1. The fraction of sp³-hybridized carbons (Fsp3) is 0.417. The second kappa shape index (κ2) is 8.55. The first-order valence-corrected chi connectivity index (χ1v) is 11.4. The minimum absolute atomic E-state index is 0.150. The molecule has 0 saturated carbocycles. The molecule has 172 valence electrons. The smallest absolute Gasteiger partial charge is 0.258 e. The van der Waals surface area contributed by atoms with Crippen molar-refractivity contribution in [3.05, 3.63) is 58.4 Å². The van der Waals surface area contributed by atoms with Crippen molar-refractivity contribution < 1.29 is 4.39 Å². The van der Waals surface area contributed by atoms with Crippen LogP contribution in [-0.2, 0) is 6.42 Å². The molecule has 0 bridgehead atoms. The quantitative estimate of drug-likeness (QED) is 0.467. The van der Waals surface area contributed by atoms with Gasteiger partial charge in [-0.3, -0.25) is 19.1 Å². The topological polar surface area (TPSA) is 71.0 Å². The first kappa shape index (κ1) is 21.5. The Hall–Kier alpha value is -3.33. The van der Waals surface area contributed by atoms with Gasteiger partial charge in [-0.25, -0.2) is 13.9 Å². The van der Waals surface area contributed by atoms with Crippen LogP contribution < -0.4 is 10.5 Å². The van der Waals surface area contributed by atoms with Crippen LogP contribution in [0.1, 0.15) is 25.2 Å². The number of fused-ring (bicyclic) bond motifs is 2. The zero-order chi connectivity index (χ0) is 23.1. The third-order valence-electron chi connectivity index (χ3n) is 6.40. The lowest BCUT2D eigenvalue weighted by molar-refractivity contribution is 0.175. The van der Waals surface area contributed by atoms with Crippen LogP contribution in [0.2, 0.25) is 0 Å². The van der Waals surface area contributed by atoms with E-state index in [0.29, 0.717) is 23.6 Å². The lowest BCUT2D eigenvalue weighted by Crippen LogP contribution is -2.52. The largest absolute Gasteiger partial charge is 0.367 e. The van der Waals surface area contributed by atoms with E-state index in [-0.39, 0.29) is 18.3 Å².